The molecule has 9 heteroatoms. The van der Waals surface area contributed by atoms with E-state index in [0.717, 1.165) is 12.8 Å². The summed E-state index contributed by atoms with van der Waals surface area (Å²) in [6.45, 7) is 0.454. The Bertz CT molecular complexity index is 1120. The number of pyridine rings is 1. The number of hydrogen-bond acceptors (Lipinski definition) is 5. The summed E-state index contributed by atoms with van der Waals surface area (Å²) in [6, 6.07) is 7.37. The molecule has 0 N–H and O–H groups in total. The fourth-order valence-electron chi connectivity index (χ4n) is 5.20. The first kappa shape index (κ1) is 22.0. The van der Waals surface area contributed by atoms with Crippen LogP contribution in [0.1, 0.15) is 42.9 Å². The number of nitriles is 1. The number of carbonyl (C=O) groups excluding carboxylic acids is 1. The van der Waals surface area contributed by atoms with Crippen molar-refractivity contribution in [3.63, 3.8) is 0 Å². The van der Waals surface area contributed by atoms with Gasteiger partial charge in [-0.3, -0.25) is 4.79 Å². The monoisotopic (exact) mass is 514 g/mol. The highest BCUT2D eigenvalue weighted by molar-refractivity contribution is 9.10. The molecule has 1 amide bonds. The summed E-state index contributed by atoms with van der Waals surface area (Å²) in [5, 5.41) is 14.6. The first-order valence-corrected chi connectivity index (χ1v) is 11.7. The largest absolute Gasteiger partial charge is 0.477 e. The van der Waals surface area contributed by atoms with Gasteiger partial charge in [0, 0.05) is 30.8 Å². The Hall–Kier alpha value is -2.86. The van der Waals surface area contributed by atoms with Crippen LogP contribution in [-0.4, -0.2) is 28.7 Å². The Labute approximate surface area is 198 Å². The van der Waals surface area contributed by atoms with E-state index in [-0.39, 0.29) is 22.2 Å². The van der Waals surface area contributed by atoms with E-state index in [1.54, 1.807) is 18.3 Å². The van der Waals surface area contributed by atoms with Gasteiger partial charge in [-0.1, -0.05) is 0 Å². The van der Waals surface area contributed by atoms with Gasteiger partial charge in [0.1, 0.15) is 17.7 Å². The Morgan fingerprint density at radius 3 is 2.64 bits per heavy atom. The highest BCUT2D eigenvalue weighted by Gasteiger charge is 2.50. The van der Waals surface area contributed by atoms with Crippen molar-refractivity contribution in [3.8, 4) is 11.9 Å². The molecule has 4 aliphatic rings. The zero-order valence-corrected chi connectivity index (χ0v) is 19.2. The molecule has 6 nitrogen and oxygen atoms in total. The van der Waals surface area contributed by atoms with Gasteiger partial charge in [0.05, 0.1) is 22.7 Å². The predicted octanol–water partition coefficient (Wildman–Crippen LogP) is 4.99. The van der Waals surface area contributed by atoms with Crippen molar-refractivity contribution in [2.75, 3.05) is 6.61 Å². The SMILES string of the molecule is N#Cc1ccc(OC[C@@H]2C[C@H](C(=O)N3N=CCC3c3cc(F)c(Br)c(F)c3)C3CC2C3)nc1. The molecule has 0 spiro atoms. The molecule has 33 heavy (non-hydrogen) atoms. The molecular formula is C24H21BrF2N4O2. The maximum atomic E-state index is 14.1. The van der Waals surface area contributed by atoms with Crippen molar-refractivity contribution in [1.29, 1.82) is 5.26 Å². The summed E-state index contributed by atoms with van der Waals surface area (Å²) < 4.78 is 33.8. The van der Waals surface area contributed by atoms with Gasteiger partial charge in [-0.15, -0.1) is 0 Å². The van der Waals surface area contributed by atoms with Gasteiger partial charge in [-0.25, -0.2) is 18.8 Å². The summed E-state index contributed by atoms with van der Waals surface area (Å²) in [6.07, 6.45) is 6.14. The maximum absolute atomic E-state index is 14.1. The van der Waals surface area contributed by atoms with E-state index in [9.17, 15) is 13.6 Å². The van der Waals surface area contributed by atoms with Gasteiger partial charge in [-0.05, 0) is 76.7 Å². The van der Waals surface area contributed by atoms with Crippen LogP contribution in [-0.2, 0) is 4.79 Å². The molecule has 2 bridgehead atoms. The minimum atomic E-state index is -0.697. The van der Waals surface area contributed by atoms with Crippen LogP contribution in [0.15, 0.2) is 40.0 Å². The van der Waals surface area contributed by atoms with E-state index in [0.29, 0.717) is 48.3 Å². The second-order valence-electron chi connectivity index (χ2n) is 8.93. The first-order valence-electron chi connectivity index (χ1n) is 10.9. The molecule has 0 radical (unpaired) electrons. The van der Waals surface area contributed by atoms with Crippen molar-refractivity contribution in [2.45, 2.75) is 31.7 Å². The average molecular weight is 515 g/mol. The number of rotatable bonds is 5. The molecule has 3 aliphatic carbocycles. The topological polar surface area (TPSA) is 78.6 Å². The number of aromatic nitrogens is 1. The summed E-state index contributed by atoms with van der Waals surface area (Å²) in [4.78, 5) is 17.6. The summed E-state index contributed by atoms with van der Waals surface area (Å²) in [5.74, 6) is -0.181. The average Bonchev–Trinajstić information content (AvgIpc) is 3.30. The second-order valence-corrected chi connectivity index (χ2v) is 9.73. The van der Waals surface area contributed by atoms with Gasteiger partial charge >= 0.3 is 0 Å². The molecule has 6 rings (SSSR count). The van der Waals surface area contributed by atoms with Crippen LogP contribution < -0.4 is 4.74 Å². The van der Waals surface area contributed by atoms with Crippen molar-refractivity contribution in [3.05, 3.63) is 57.7 Å². The van der Waals surface area contributed by atoms with E-state index in [1.807, 2.05) is 6.07 Å². The van der Waals surface area contributed by atoms with Crippen molar-refractivity contribution >= 4 is 28.1 Å². The molecule has 1 unspecified atom stereocenters. The zero-order chi connectivity index (χ0) is 23.1. The number of carbonyl (C=O) groups is 1. The maximum Gasteiger partial charge on any atom is 0.246 e. The van der Waals surface area contributed by atoms with Crippen molar-refractivity contribution < 1.29 is 18.3 Å². The van der Waals surface area contributed by atoms with Crippen LogP contribution in [0, 0.1) is 46.6 Å². The normalized spacial score (nSPS) is 27.7. The number of benzene rings is 1. The quantitative estimate of drug-likeness (QED) is 0.526. The molecule has 1 aliphatic heterocycles. The smallest absolute Gasteiger partial charge is 0.246 e. The number of nitrogens with zero attached hydrogens (tertiary/aromatic N) is 4. The highest BCUT2D eigenvalue weighted by Crippen LogP contribution is 2.53. The molecule has 3 saturated carbocycles. The molecule has 2 heterocycles. The Kier molecular flexibility index (Phi) is 5.87. The predicted molar refractivity (Wildman–Crippen MR) is 119 cm³/mol. The third-order valence-electron chi connectivity index (χ3n) is 7.08. The molecule has 170 valence electrons. The lowest BCUT2D eigenvalue weighted by Crippen LogP contribution is -2.50. The molecule has 3 atom stereocenters. The molecule has 3 fully saturated rings. The van der Waals surface area contributed by atoms with E-state index in [4.69, 9.17) is 10.00 Å². The third-order valence-corrected chi connectivity index (χ3v) is 7.84. The van der Waals surface area contributed by atoms with Crippen LogP contribution >= 0.6 is 15.9 Å². The summed E-state index contributed by atoms with van der Waals surface area (Å²) in [5.41, 5.74) is 0.867. The van der Waals surface area contributed by atoms with Crippen LogP contribution in [0.2, 0.25) is 0 Å². The third kappa shape index (κ3) is 4.12. The van der Waals surface area contributed by atoms with Crippen molar-refractivity contribution in [2.24, 2.45) is 28.8 Å². The molecule has 2 aromatic rings. The van der Waals surface area contributed by atoms with Crippen LogP contribution in [0.4, 0.5) is 8.78 Å². The number of halogens is 3. The van der Waals surface area contributed by atoms with Crippen molar-refractivity contribution in [1.82, 2.24) is 9.99 Å². The lowest BCUT2D eigenvalue weighted by atomic mass is 9.55. The van der Waals surface area contributed by atoms with Crippen LogP contribution in [0.3, 0.4) is 0 Å². The van der Waals surface area contributed by atoms with Gasteiger partial charge in [0.25, 0.3) is 0 Å². The molecular weight excluding hydrogens is 494 g/mol. The first-order chi connectivity index (χ1) is 15.9. The second kappa shape index (κ2) is 8.82. The van der Waals surface area contributed by atoms with E-state index in [2.05, 4.69) is 26.0 Å². The fourth-order valence-corrected chi connectivity index (χ4v) is 5.43. The fraction of sp³-hybridized carbons (Fsp3) is 0.417. The van der Waals surface area contributed by atoms with Crippen LogP contribution in [0.5, 0.6) is 5.88 Å². The van der Waals surface area contributed by atoms with Crippen LogP contribution in [0.25, 0.3) is 0 Å². The number of amides is 1. The minimum Gasteiger partial charge on any atom is -0.477 e. The number of ether oxygens (including phenoxy) is 1. The standard InChI is InChI=1S/C24H21BrF2N4O2/c25-23-19(26)8-16(9-20(23)27)21-3-4-30-31(21)24(32)18-7-17(14-5-15(18)6-14)12-33-22-2-1-13(10-28)11-29-22/h1-2,4,8-9,11,14-15,17-18,21H,3,5-7,12H2/t14?,15?,17-,18-,21?/m0/s1. The van der Waals surface area contributed by atoms with E-state index >= 15 is 0 Å². The number of fused-ring (bicyclic) bond motifs is 2. The van der Waals surface area contributed by atoms with E-state index < -0.39 is 17.7 Å². The number of hydrogen-bond donors (Lipinski definition) is 0. The highest BCUT2D eigenvalue weighted by atomic mass is 79.9. The Balaban J connectivity index is 1.27. The lowest BCUT2D eigenvalue weighted by Gasteiger charge is -2.51. The Morgan fingerprint density at radius 2 is 1.97 bits per heavy atom. The van der Waals surface area contributed by atoms with Gasteiger partial charge < -0.3 is 4.74 Å². The van der Waals surface area contributed by atoms with Gasteiger partial charge in [0.2, 0.25) is 11.8 Å². The van der Waals surface area contributed by atoms with Gasteiger partial charge in [-0.2, -0.15) is 10.4 Å². The summed E-state index contributed by atoms with van der Waals surface area (Å²) >= 11 is 2.89. The van der Waals surface area contributed by atoms with Gasteiger partial charge in [0.15, 0.2) is 0 Å². The Morgan fingerprint density at radius 1 is 1.21 bits per heavy atom. The lowest BCUT2D eigenvalue weighted by molar-refractivity contribution is -0.148. The number of hydrazone groups is 1. The molecule has 1 aromatic carbocycles. The molecule has 0 saturated heterocycles. The zero-order valence-electron chi connectivity index (χ0n) is 17.6. The van der Waals surface area contributed by atoms with E-state index in [1.165, 1.54) is 23.3 Å². The summed E-state index contributed by atoms with van der Waals surface area (Å²) in [7, 11) is 0. The molecule has 1 aromatic heterocycles. The minimum absolute atomic E-state index is 0.0952.